The highest BCUT2D eigenvalue weighted by molar-refractivity contribution is 7.99. The number of hydrogen-bond donors (Lipinski definition) is 1. The number of thioether (sulfide) groups is 1. The van der Waals surface area contributed by atoms with Gasteiger partial charge in [-0.1, -0.05) is 12.8 Å². The standard InChI is InChI=1S/C13H18O3S2/c1-18(15,16)12-6-4-11(5-7-12)17-10-13(14)8-2-3-9-13/h4-7,14H,2-3,8-10H2,1H3. The first-order valence-corrected chi connectivity index (χ1v) is 8.92. The van der Waals surface area contributed by atoms with Crippen molar-refractivity contribution in [2.24, 2.45) is 0 Å². The van der Waals surface area contributed by atoms with E-state index in [2.05, 4.69) is 0 Å². The second-order valence-electron chi connectivity index (χ2n) is 4.96. The third kappa shape index (κ3) is 3.49. The van der Waals surface area contributed by atoms with E-state index in [4.69, 9.17) is 0 Å². The number of hydrogen-bond acceptors (Lipinski definition) is 4. The third-order valence-electron chi connectivity index (χ3n) is 3.29. The summed E-state index contributed by atoms with van der Waals surface area (Å²) in [4.78, 5) is 1.34. The van der Waals surface area contributed by atoms with Gasteiger partial charge in [-0.3, -0.25) is 0 Å². The smallest absolute Gasteiger partial charge is 0.175 e. The highest BCUT2D eigenvalue weighted by Crippen LogP contribution is 2.34. The molecule has 0 aromatic heterocycles. The van der Waals surface area contributed by atoms with Crippen LogP contribution in [0.25, 0.3) is 0 Å². The lowest BCUT2D eigenvalue weighted by atomic mass is 10.1. The quantitative estimate of drug-likeness (QED) is 0.864. The zero-order valence-electron chi connectivity index (χ0n) is 10.4. The van der Waals surface area contributed by atoms with Crippen molar-refractivity contribution < 1.29 is 13.5 Å². The minimum absolute atomic E-state index is 0.339. The molecule has 2 rings (SSSR count). The summed E-state index contributed by atoms with van der Waals surface area (Å²) < 4.78 is 22.6. The van der Waals surface area contributed by atoms with E-state index in [1.807, 2.05) is 0 Å². The van der Waals surface area contributed by atoms with Crippen LogP contribution in [0.4, 0.5) is 0 Å². The molecule has 1 aliphatic carbocycles. The molecule has 0 saturated heterocycles. The lowest BCUT2D eigenvalue weighted by molar-refractivity contribution is 0.0732. The Morgan fingerprint density at radius 1 is 1.22 bits per heavy atom. The van der Waals surface area contributed by atoms with Crippen LogP contribution in [0.5, 0.6) is 0 Å². The first kappa shape index (κ1) is 13.9. The minimum Gasteiger partial charge on any atom is -0.389 e. The lowest BCUT2D eigenvalue weighted by Crippen LogP contribution is -2.26. The van der Waals surface area contributed by atoms with Crippen molar-refractivity contribution in [3.63, 3.8) is 0 Å². The molecule has 0 heterocycles. The van der Waals surface area contributed by atoms with E-state index in [0.717, 1.165) is 30.6 Å². The molecule has 0 unspecified atom stereocenters. The van der Waals surface area contributed by atoms with Crippen LogP contribution < -0.4 is 0 Å². The van der Waals surface area contributed by atoms with Crippen molar-refractivity contribution in [1.82, 2.24) is 0 Å². The Kier molecular flexibility index (Phi) is 4.04. The Balaban J connectivity index is 1.98. The van der Waals surface area contributed by atoms with E-state index in [1.54, 1.807) is 36.0 Å². The van der Waals surface area contributed by atoms with Gasteiger partial charge in [0.2, 0.25) is 0 Å². The lowest BCUT2D eigenvalue weighted by Gasteiger charge is -2.21. The predicted molar refractivity (Wildman–Crippen MR) is 73.7 cm³/mol. The van der Waals surface area contributed by atoms with Crippen molar-refractivity contribution in [3.8, 4) is 0 Å². The van der Waals surface area contributed by atoms with Crippen LogP contribution in [0.1, 0.15) is 25.7 Å². The normalized spacial score (nSPS) is 19.0. The first-order chi connectivity index (χ1) is 8.39. The zero-order chi connectivity index (χ0) is 13.2. The maximum Gasteiger partial charge on any atom is 0.175 e. The van der Waals surface area contributed by atoms with Gasteiger partial charge >= 0.3 is 0 Å². The fourth-order valence-electron chi connectivity index (χ4n) is 2.18. The monoisotopic (exact) mass is 286 g/mol. The molecule has 3 nitrogen and oxygen atoms in total. The number of benzene rings is 1. The molecule has 1 N–H and O–H groups in total. The highest BCUT2D eigenvalue weighted by atomic mass is 32.2. The summed E-state index contributed by atoms with van der Waals surface area (Å²) in [5.41, 5.74) is -0.528. The molecule has 0 bridgehead atoms. The number of rotatable bonds is 4. The summed E-state index contributed by atoms with van der Waals surface area (Å²) in [5, 5.41) is 10.2. The first-order valence-electron chi connectivity index (χ1n) is 6.04. The van der Waals surface area contributed by atoms with E-state index in [0.29, 0.717) is 10.6 Å². The molecule has 1 aliphatic rings. The van der Waals surface area contributed by atoms with Gasteiger partial charge in [0.05, 0.1) is 10.5 Å². The molecule has 100 valence electrons. The summed E-state index contributed by atoms with van der Waals surface area (Å²) in [6.07, 6.45) is 5.16. The Labute approximate surface area is 113 Å². The van der Waals surface area contributed by atoms with Crippen LogP contribution in [0.15, 0.2) is 34.1 Å². The van der Waals surface area contributed by atoms with Crippen molar-refractivity contribution in [2.75, 3.05) is 12.0 Å². The minimum atomic E-state index is -3.12. The molecular weight excluding hydrogens is 268 g/mol. The largest absolute Gasteiger partial charge is 0.389 e. The van der Waals surface area contributed by atoms with Gasteiger partial charge < -0.3 is 5.11 Å². The van der Waals surface area contributed by atoms with Crippen molar-refractivity contribution in [2.45, 2.75) is 41.1 Å². The van der Waals surface area contributed by atoms with Crippen LogP contribution in [-0.4, -0.2) is 31.1 Å². The van der Waals surface area contributed by atoms with Gasteiger partial charge in [0.25, 0.3) is 0 Å². The van der Waals surface area contributed by atoms with Gasteiger partial charge in [-0.05, 0) is 37.1 Å². The highest BCUT2D eigenvalue weighted by Gasteiger charge is 2.30. The molecular formula is C13H18O3S2. The molecule has 1 aromatic carbocycles. The summed E-state index contributed by atoms with van der Waals surface area (Å²) in [6, 6.07) is 6.85. The topological polar surface area (TPSA) is 54.4 Å². The van der Waals surface area contributed by atoms with Crippen molar-refractivity contribution >= 4 is 21.6 Å². The van der Waals surface area contributed by atoms with E-state index >= 15 is 0 Å². The SMILES string of the molecule is CS(=O)(=O)c1ccc(SCC2(O)CCCC2)cc1. The second kappa shape index (κ2) is 5.23. The van der Waals surface area contributed by atoms with Crippen LogP contribution in [0.3, 0.4) is 0 Å². The predicted octanol–water partition coefficient (Wildman–Crippen LogP) is 2.49. The molecule has 1 aromatic rings. The summed E-state index contributed by atoms with van der Waals surface area (Å²) in [5.74, 6) is 0.686. The molecule has 18 heavy (non-hydrogen) atoms. The van der Waals surface area contributed by atoms with Gasteiger partial charge in [-0.15, -0.1) is 11.8 Å². The molecule has 1 saturated carbocycles. The molecule has 0 aliphatic heterocycles. The van der Waals surface area contributed by atoms with Crippen LogP contribution in [0.2, 0.25) is 0 Å². The fraction of sp³-hybridized carbons (Fsp3) is 0.538. The maximum atomic E-state index is 11.3. The molecule has 1 fully saturated rings. The van der Waals surface area contributed by atoms with E-state index < -0.39 is 15.4 Å². The fourth-order valence-corrected chi connectivity index (χ4v) is 3.86. The third-order valence-corrected chi connectivity index (χ3v) is 5.71. The molecule has 0 spiro atoms. The van der Waals surface area contributed by atoms with Crippen molar-refractivity contribution in [1.29, 1.82) is 0 Å². The van der Waals surface area contributed by atoms with Gasteiger partial charge in [0, 0.05) is 16.9 Å². The van der Waals surface area contributed by atoms with Crippen molar-refractivity contribution in [3.05, 3.63) is 24.3 Å². The zero-order valence-corrected chi connectivity index (χ0v) is 12.1. The average molecular weight is 286 g/mol. The molecule has 0 atom stereocenters. The Morgan fingerprint density at radius 3 is 2.28 bits per heavy atom. The Bertz CT molecular complexity index is 500. The van der Waals surface area contributed by atoms with E-state index in [-0.39, 0.29) is 0 Å². The van der Waals surface area contributed by atoms with E-state index in [9.17, 15) is 13.5 Å². The second-order valence-corrected chi connectivity index (χ2v) is 8.03. The Morgan fingerprint density at radius 2 is 1.78 bits per heavy atom. The van der Waals surface area contributed by atoms with Gasteiger partial charge in [-0.25, -0.2) is 8.42 Å². The van der Waals surface area contributed by atoms with Gasteiger partial charge in [0.1, 0.15) is 0 Å². The average Bonchev–Trinajstić information content (AvgIpc) is 2.74. The Hall–Kier alpha value is -0.520. The molecule has 5 heteroatoms. The van der Waals surface area contributed by atoms with E-state index in [1.165, 1.54) is 6.26 Å². The molecule has 0 amide bonds. The van der Waals surface area contributed by atoms with Crippen LogP contribution in [0, 0.1) is 0 Å². The number of aliphatic hydroxyl groups is 1. The van der Waals surface area contributed by atoms with Crippen LogP contribution >= 0.6 is 11.8 Å². The maximum absolute atomic E-state index is 11.3. The summed E-state index contributed by atoms with van der Waals surface area (Å²) in [6.45, 7) is 0. The summed E-state index contributed by atoms with van der Waals surface area (Å²) in [7, 11) is -3.12. The summed E-state index contributed by atoms with van der Waals surface area (Å²) >= 11 is 1.59. The van der Waals surface area contributed by atoms with Gasteiger partial charge in [0.15, 0.2) is 9.84 Å². The number of sulfone groups is 1. The van der Waals surface area contributed by atoms with Gasteiger partial charge in [-0.2, -0.15) is 0 Å². The molecule has 0 radical (unpaired) electrons. The van der Waals surface area contributed by atoms with Crippen LogP contribution in [-0.2, 0) is 9.84 Å².